The molecule has 0 saturated carbocycles. The summed E-state index contributed by atoms with van der Waals surface area (Å²) >= 11 is 0. The lowest BCUT2D eigenvalue weighted by Gasteiger charge is -2.08. The summed E-state index contributed by atoms with van der Waals surface area (Å²) in [5, 5.41) is 0. The summed E-state index contributed by atoms with van der Waals surface area (Å²) in [6, 6.07) is 5.61. The van der Waals surface area contributed by atoms with Gasteiger partial charge in [-0.3, -0.25) is 0 Å². The van der Waals surface area contributed by atoms with Crippen LogP contribution >= 0.6 is 0 Å². The molecule has 120 valence electrons. The monoisotopic (exact) mass is 322 g/mol. The fourth-order valence-corrected chi connectivity index (χ4v) is 2.12. The van der Waals surface area contributed by atoms with Crippen LogP contribution in [0.15, 0.2) is 34.9 Å². The highest BCUT2D eigenvalue weighted by molar-refractivity contribution is 5.83. The zero-order valence-corrected chi connectivity index (χ0v) is 12.4. The van der Waals surface area contributed by atoms with Crippen LogP contribution in [0.25, 0.3) is 11.1 Å². The lowest BCUT2D eigenvalue weighted by atomic mass is 10.2. The third kappa shape index (κ3) is 2.99. The molecule has 7 heteroatoms. The number of rotatable bonds is 3. The van der Waals surface area contributed by atoms with E-state index < -0.39 is 11.9 Å². The van der Waals surface area contributed by atoms with Crippen molar-refractivity contribution in [2.24, 2.45) is 0 Å². The summed E-state index contributed by atoms with van der Waals surface area (Å²) in [4.78, 5) is 7.72. The summed E-state index contributed by atoms with van der Waals surface area (Å²) in [6.07, 6.45) is -2.80. The molecule has 0 bridgehead atoms. The number of aryl methyl sites for hydroxylation is 2. The Morgan fingerprint density at radius 3 is 2.57 bits per heavy atom. The van der Waals surface area contributed by atoms with Crippen LogP contribution in [0.2, 0.25) is 0 Å². The van der Waals surface area contributed by atoms with Gasteiger partial charge in [0.25, 0.3) is 0 Å². The predicted octanol–water partition coefficient (Wildman–Crippen LogP) is 4.90. The lowest BCUT2D eigenvalue weighted by molar-refractivity contribution is -0.141. The minimum absolute atomic E-state index is 0.198. The molecule has 4 nitrogen and oxygen atoms in total. The largest absolute Gasteiger partial charge is 0.453 e. The molecular formula is C16H13F3N2O2. The maximum absolute atomic E-state index is 12.5. The average molecular weight is 322 g/mol. The molecule has 0 fully saturated rings. The number of hydrogen-bond donors (Lipinski definition) is 0. The molecule has 0 aliphatic carbocycles. The molecule has 0 atom stereocenters. The van der Waals surface area contributed by atoms with E-state index in [9.17, 15) is 13.2 Å². The Hall–Kier alpha value is -2.57. The van der Waals surface area contributed by atoms with E-state index in [0.717, 1.165) is 17.8 Å². The van der Waals surface area contributed by atoms with Crippen molar-refractivity contribution in [3.8, 4) is 11.5 Å². The fraction of sp³-hybridized carbons (Fsp3) is 0.250. The zero-order chi connectivity index (χ0) is 16.6. The highest BCUT2D eigenvalue weighted by Crippen LogP contribution is 2.33. The molecule has 0 aliphatic rings. The Bertz CT molecular complexity index is 839. The van der Waals surface area contributed by atoms with Gasteiger partial charge in [-0.05, 0) is 30.7 Å². The SMILES string of the molecule is CCc1nc2c(Oc3ccc(C(F)(F)F)nc3)ccc(C)c2o1. The van der Waals surface area contributed by atoms with Gasteiger partial charge in [0, 0.05) is 6.42 Å². The smallest absolute Gasteiger partial charge is 0.433 e. The number of benzene rings is 1. The summed E-state index contributed by atoms with van der Waals surface area (Å²) in [5.74, 6) is 1.18. The quantitative estimate of drug-likeness (QED) is 0.688. The highest BCUT2D eigenvalue weighted by atomic mass is 19.4. The number of alkyl halides is 3. The van der Waals surface area contributed by atoms with Gasteiger partial charge in [-0.2, -0.15) is 13.2 Å². The van der Waals surface area contributed by atoms with Crippen LogP contribution < -0.4 is 4.74 Å². The summed E-state index contributed by atoms with van der Waals surface area (Å²) < 4.78 is 48.8. The van der Waals surface area contributed by atoms with E-state index >= 15 is 0 Å². The minimum atomic E-state index is -4.47. The van der Waals surface area contributed by atoms with Gasteiger partial charge >= 0.3 is 6.18 Å². The molecule has 0 spiro atoms. The van der Waals surface area contributed by atoms with Gasteiger partial charge in [-0.25, -0.2) is 9.97 Å². The van der Waals surface area contributed by atoms with Crippen LogP contribution in [0.3, 0.4) is 0 Å². The van der Waals surface area contributed by atoms with Crippen molar-refractivity contribution in [3.05, 3.63) is 47.6 Å². The summed E-state index contributed by atoms with van der Waals surface area (Å²) in [6.45, 7) is 3.80. The van der Waals surface area contributed by atoms with Crippen molar-refractivity contribution in [1.29, 1.82) is 0 Å². The van der Waals surface area contributed by atoms with E-state index in [1.54, 1.807) is 12.1 Å². The first-order chi connectivity index (χ1) is 10.9. The van der Waals surface area contributed by atoms with E-state index in [2.05, 4.69) is 9.97 Å². The number of aromatic nitrogens is 2. The Labute approximate surface area is 129 Å². The van der Waals surface area contributed by atoms with Crippen LogP contribution in [-0.2, 0) is 12.6 Å². The van der Waals surface area contributed by atoms with Crippen molar-refractivity contribution in [1.82, 2.24) is 9.97 Å². The normalized spacial score (nSPS) is 11.9. The number of fused-ring (bicyclic) bond motifs is 1. The maximum Gasteiger partial charge on any atom is 0.433 e. The number of oxazole rings is 1. The third-order valence-corrected chi connectivity index (χ3v) is 3.30. The molecular weight excluding hydrogens is 309 g/mol. The molecule has 0 N–H and O–H groups in total. The molecule has 2 heterocycles. The van der Waals surface area contributed by atoms with E-state index in [1.165, 1.54) is 6.07 Å². The van der Waals surface area contributed by atoms with Gasteiger partial charge in [-0.1, -0.05) is 13.0 Å². The maximum atomic E-state index is 12.5. The second-order valence-electron chi connectivity index (χ2n) is 5.00. The number of pyridine rings is 1. The molecule has 0 radical (unpaired) electrons. The molecule has 0 unspecified atom stereocenters. The van der Waals surface area contributed by atoms with Crippen molar-refractivity contribution in [2.45, 2.75) is 26.4 Å². The molecule has 2 aromatic heterocycles. The van der Waals surface area contributed by atoms with Crippen LogP contribution in [-0.4, -0.2) is 9.97 Å². The van der Waals surface area contributed by atoms with Crippen LogP contribution in [0.5, 0.6) is 11.5 Å². The Morgan fingerprint density at radius 2 is 1.96 bits per heavy atom. The van der Waals surface area contributed by atoms with E-state index in [-0.39, 0.29) is 5.75 Å². The van der Waals surface area contributed by atoms with E-state index in [0.29, 0.717) is 29.2 Å². The summed E-state index contributed by atoms with van der Waals surface area (Å²) in [5.41, 5.74) is 1.10. The minimum Gasteiger partial charge on any atom is -0.453 e. The standard InChI is InChI=1S/C16H13F3N2O2/c1-3-13-21-14-11(6-4-9(2)15(14)23-13)22-10-5-7-12(20-8-10)16(17,18)19/h4-8H,3H2,1-2H3. The van der Waals surface area contributed by atoms with Gasteiger partial charge in [0.1, 0.15) is 11.4 Å². The molecule has 3 aromatic rings. The molecule has 0 saturated heterocycles. The van der Waals surface area contributed by atoms with Gasteiger partial charge in [0.2, 0.25) is 0 Å². The van der Waals surface area contributed by atoms with Crippen LogP contribution in [0, 0.1) is 6.92 Å². The lowest BCUT2D eigenvalue weighted by Crippen LogP contribution is -2.07. The molecule has 0 aliphatic heterocycles. The fourth-order valence-electron chi connectivity index (χ4n) is 2.12. The van der Waals surface area contributed by atoms with Gasteiger partial charge < -0.3 is 9.15 Å². The second kappa shape index (κ2) is 5.57. The third-order valence-electron chi connectivity index (χ3n) is 3.30. The van der Waals surface area contributed by atoms with Crippen LogP contribution in [0.4, 0.5) is 13.2 Å². The van der Waals surface area contributed by atoms with Gasteiger partial charge in [-0.15, -0.1) is 0 Å². The number of ether oxygens (including phenoxy) is 1. The first kappa shape index (κ1) is 15.3. The Kier molecular flexibility index (Phi) is 3.71. The number of halogens is 3. The second-order valence-corrected chi connectivity index (χ2v) is 5.00. The Balaban J connectivity index is 1.95. The van der Waals surface area contributed by atoms with E-state index in [1.807, 2.05) is 13.8 Å². The highest BCUT2D eigenvalue weighted by Gasteiger charge is 2.32. The van der Waals surface area contributed by atoms with Gasteiger partial charge in [0.05, 0.1) is 6.20 Å². The van der Waals surface area contributed by atoms with Crippen LogP contribution in [0.1, 0.15) is 24.1 Å². The van der Waals surface area contributed by atoms with Crippen molar-refractivity contribution >= 4 is 11.1 Å². The topological polar surface area (TPSA) is 48.2 Å². The molecule has 1 aromatic carbocycles. The zero-order valence-electron chi connectivity index (χ0n) is 12.4. The van der Waals surface area contributed by atoms with Crippen molar-refractivity contribution < 1.29 is 22.3 Å². The summed E-state index contributed by atoms with van der Waals surface area (Å²) in [7, 11) is 0. The predicted molar refractivity (Wildman–Crippen MR) is 77.4 cm³/mol. The number of hydrogen-bond acceptors (Lipinski definition) is 4. The molecule has 3 rings (SSSR count). The average Bonchev–Trinajstić information content (AvgIpc) is 2.95. The van der Waals surface area contributed by atoms with Gasteiger partial charge in [0.15, 0.2) is 22.7 Å². The number of nitrogens with zero attached hydrogens (tertiary/aromatic N) is 2. The van der Waals surface area contributed by atoms with Crippen molar-refractivity contribution in [2.75, 3.05) is 0 Å². The Morgan fingerprint density at radius 1 is 1.17 bits per heavy atom. The molecule has 0 amide bonds. The molecule has 23 heavy (non-hydrogen) atoms. The first-order valence-electron chi connectivity index (χ1n) is 6.98. The van der Waals surface area contributed by atoms with Crippen molar-refractivity contribution in [3.63, 3.8) is 0 Å². The first-order valence-corrected chi connectivity index (χ1v) is 6.98. The van der Waals surface area contributed by atoms with E-state index in [4.69, 9.17) is 9.15 Å².